The SMILES string of the molecule is CCCNCc1cc(F)cc(Sc2cccs2)c1. The molecule has 0 aliphatic heterocycles. The van der Waals surface area contributed by atoms with Crippen molar-refractivity contribution >= 4 is 23.1 Å². The van der Waals surface area contributed by atoms with Gasteiger partial charge in [-0.05, 0) is 48.2 Å². The van der Waals surface area contributed by atoms with Crippen molar-refractivity contribution in [2.75, 3.05) is 6.54 Å². The average Bonchev–Trinajstić information content (AvgIpc) is 2.81. The second-order valence-electron chi connectivity index (χ2n) is 4.01. The fraction of sp³-hybridized carbons (Fsp3) is 0.286. The van der Waals surface area contributed by atoms with E-state index in [0.717, 1.165) is 30.0 Å². The Kier molecular flexibility index (Phi) is 5.23. The van der Waals surface area contributed by atoms with Crippen LogP contribution in [0.1, 0.15) is 18.9 Å². The number of benzene rings is 1. The smallest absolute Gasteiger partial charge is 0.124 e. The fourth-order valence-corrected chi connectivity index (χ4v) is 3.49. The summed E-state index contributed by atoms with van der Waals surface area (Å²) >= 11 is 3.29. The predicted molar refractivity (Wildman–Crippen MR) is 76.8 cm³/mol. The van der Waals surface area contributed by atoms with Crippen LogP contribution < -0.4 is 5.32 Å². The lowest BCUT2D eigenvalue weighted by molar-refractivity contribution is 0.615. The number of hydrogen-bond donors (Lipinski definition) is 1. The molecule has 1 heterocycles. The summed E-state index contributed by atoms with van der Waals surface area (Å²) < 4.78 is 14.7. The summed E-state index contributed by atoms with van der Waals surface area (Å²) in [6.07, 6.45) is 1.09. The monoisotopic (exact) mass is 281 g/mol. The molecular formula is C14H16FNS2. The number of hydrogen-bond acceptors (Lipinski definition) is 3. The maximum Gasteiger partial charge on any atom is 0.124 e. The van der Waals surface area contributed by atoms with Crippen LogP contribution in [0.2, 0.25) is 0 Å². The summed E-state index contributed by atoms with van der Waals surface area (Å²) in [5.41, 5.74) is 1.00. The molecule has 0 saturated carbocycles. The van der Waals surface area contributed by atoms with Gasteiger partial charge in [0.05, 0.1) is 4.21 Å². The van der Waals surface area contributed by atoms with Crippen molar-refractivity contribution in [1.82, 2.24) is 5.32 Å². The third-order valence-electron chi connectivity index (χ3n) is 2.40. The summed E-state index contributed by atoms with van der Waals surface area (Å²) in [6.45, 7) is 3.81. The molecule has 0 bridgehead atoms. The standard InChI is InChI=1S/C14H16FNS2/c1-2-5-16-10-11-7-12(15)9-13(8-11)18-14-4-3-6-17-14/h3-4,6-9,16H,2,5,10H2,1H3. The summed E-state index contributed by atoms with van der Waals surface area (Å²) in [6, 6.07) is 9.30. The van der Waals surface area contributed by atoms with Crippen LogP contribution in [0.25, 0.3) is 0 Å². The first-order chi connectivity index (χ1) is 8.78. The molecule has 0 fully saturated rings. The zero-order chi connectivity index (χ0) is 12.8. The van der Waals surface area contributed by atoms with Crippen molar-refractivity contribution in [1.29, 1.82) is 0 Å². The Morgan fingerprint density at radius 3 is 2.94 bits per heavy atom. The van der Waals surface area contributed by atoms with E-state index >= 15 is 0 Å². The van der Waals surface area contributed by atoms with Crippen molar-refractivity contribution in [3.8, 4) is 0 Å². The van der Waals surface area contributed by atoms with Crippen LogP contribution in [-0.4, -0.2) is 6.54 Å². The molecule has 0 aliphatic rings. The lowest BCUT2D eigenvalue weighted by Crippen LogP contribution is -2.13. The number of halogens is 1. The lowest BCUT2D eigenvalue weighted by atomic mass is 10.2. The normalized spacial score (nSPS) is 10.8. The molecule has 4 heteroatoms. The molecule has 1 nitrogen and oxygen atoms in total. The van der Waals surface area contributed by atoms with E-state index in [1.54, 1.807) is 35.2 Å². The van der Waals surface area contributed by atoms with Crippen LogP contribution in [0, 0.1) is 5.82 Å². The Hall–Kier alpha value is -0.840. The molecule has 1 aromatic heterocycles. The maximum atomic E-state index is 13.5. The minimum absolute atomic E-state index is 0.162. The van der Waals surface area contributed by atoms with E-state index in [1.807, 2.05) is 11.4 Å². The number of nitrogens with one attached hydrogen (secondary N) is 1. The molecule has 0 saturated heterocycles. The summed E-state index contributed by atoms with van der Waals surface area (Å²) in [4.78, 5) is 0.964. The molecule has 0 spiro atoms. The second kappa shape index (κ2) is 6.92. The third kappa shape index (κ3) is 4.12. The molecule has 96 valence electrons. The van der Waals surface area contributed by atoms with E-state index < -0.39 is 0 Å². The van der Waals surface area contributed by atoms with E-state index in [1.165, 1.54) is 4.21 Å². The van der Waals surface area contributed by atoms with Crippen molar-refractivity contribution in [3.05, 3.63) is 47.1 Å². The Labute approximate surface area is 115 Å². The van der Waals surface area contributed by atoms with Gasteiger partial charge in [0.25, 0.3) is 0 Å². The van der Waals surface area contributed by atoms with Gasteiger partial charge in [0, 0.05) is 11.4 Å². The Bertz CT molecular complexity index is 483. The molecule has 2 rings (SSSR count). The molecule has 1 aromatic carbocycles. The minimum Gasteiger partial charge on any atom is -0.313 e. The van der Waals surface area contributed by atoms with Crippen LogP contribution in [0.15, 0.2) is 44.8 Å². The largest absolute Gasteiger partial charge is 0.313 e. The zero-order valence-electron chi connectivity index (χ0n) is 10.3. The lowest BCUT2D eigenvalue weighted by Gasteiger charge is -2.06. The predicted octanol–water partition coefficient (Wildman–Crippen LogP) is 4.54. The van der Waals surface area contributed by atoms with E-state index in [9.17, 15) is 4.39 Å². The summed E-state index contributed by atoms with van der Waals surface area (Å²) in [5, 5.41) is 5.32. The quantitative estimate of drug-likeness (QED) is 0.780. The van der Waals surface area contributed by atoms with Gasteiger partial charge in [0.1, 0.15) is 5.82 Å². The van der Waals surface area contributed by atoms with Gasteiger partial charge in [-0.3, -0.25) is 0 Å². The van der Waals surface area contributed by atoms with Crippen LogP contribution in [0.4, 0.5) is 4.39 Å². The molecule has 0 atom stereocenters. The van der Waals surface area contributed by atoms with Crippen molar-refractivity contribution in [2.24, 2.45) is 0 Å². The van der Waals surface area contributed by atoms with Gasteiger partial charge >= 0.3 is 0 Å². The van der Waals surface area contributed by atoms with Crippen LogP contribution >= 0.6 is 23.1 Å². The minimum atomic E-state index is -0.162. The first-order valence-corrected chi connectivity index (χ1v) is 7.69. The van der Waals surface area contributed by atoms with Crippen molar-refractivity contribution in [2.45, 2.75) is 29.0 Å². The molecular weight excluding hydrogens is 265 g/mol. The van der Waals surface area contributed by atoms with Crippen LogP contribution in [0.5, 0.6) is 0 Å². The Morgan fingerprint density at radius 1 is 1.33 bits per heavy atom. The summed E-state index contributed by atoms with van der Waals surface area (Å²) in [7, 11) is 0. The second-order valence-corrected chi connectivity index (χ2v) is 6.33. The molecule has 0 aliphatic carbocycles. The highest BCUT2D eigenvalue weighted by molar-refractivity contribution is 8.01. The number of rotatable bonds is 6. The van der Waals surface area contributed by atoms with Gasteiger partial charge in [0.2, 0.25) is 0 Å². The van der Waals surface area contributed by atoms with E-state index in [-0.39, 0.29) is 5.82 Å². The van der Waals surface area contributed by atoms with E-state index in [2.05, 4.69) is 24.4 Å². The molecule has 1 N–H and O–H groups in total. The average molecular weight is 281 g/mol. The Morgan fingerprint density at radius 2 is 2.22 bits per heavy atom. The maximum absolute atomic E-state index is 13.5. The van der Waals surface area contributed by atoms with Gasteiger partial charge in [-0.1, -0.05) is 24.8 Å². The van der Waals surface area contributed by atoms with Gasteiger partial charge in [-0.25, -0.2) is 4.39 Å². The first kappa shape index (κ1) is 13.6. The van der Waals surface area contributed by atoms with Gasteiger partial charge in [-0.15, -0.1) is 11.3 Å². The highest BCUT2D eigenvalue weighted by Gasteiger charge is 2.03. The molecule has 2 aromatic rings. The van der Waals surface area contributed by atoms with Gasteiger partial charge in [-0.2, -0.15) is 0 Å². The highest BCUT2D eigenvalue weighted by Crippen LogP contribution is 2.32. The highest BCUT2D eigenvalue weighted by atomic mass is 32.2. The topological polar surface area (TPSA) is 12.0 Å². The van der Waals surface area contributed by atoms with Gasteiger partial charge < -0.3 is 5.32 Å². The molecule has 0 amide bonds. The zero-order valence-corrected chi connectivity index (χ0v) is 11.9. The molecule has 0 radical (unpaired) electrons. The Balaban J connectivity index is 2.06. The van der Waals surface area contributed by atoms with E-state index in [4.69, 9.17) is 0 Å². The number of thiophene rings is 1. The fourth-order valence-electron chi connectivity index (χ4n) is 1.63. The van der Waals surface area contributed by atoms with Crippen molar-refractivity contribution < 1.29 is 4.39 Å². The van der Waals surface area contributed by atoms with Crippen LogP contribution in [-0.2, 0) is 6.54 Å². The van der Waals surface area contributed by atoms with Gasteiger partial charge in [0.15, 0.2) is 0 Å². The molecule has 18 heavy (non-hydrogen) atoms. The van der Waals surface area contributed by atoms with E-state index in [0.29, 0.717) is 0 Å². The van der Waals surface area contributed by atoms with Crippen LogP contribution in [0.3, 0.4) is 0 Å². The first-order valence-electron chi connectivity index (χ1n) is 5.99. The summed E-state index contributed by atoms with van der Waals surface area (Å²) in [5.74, 6) is -0.162. The van der Waals surface area contributed by atoms with Crippen molar-refractivity contribution in [3.63, 3.8) is 0 Å². The third-order valence-corrected chi connectivity index (χ3v) is 4.41. The molecule has 0 unspecified atom stereocenters.